The minimum absolute atomic E-state index is 0.544. The third-order valence-corrected chi connectivity index (χ3v) is 3.52. The highest BCUT2D eigenvalue weighted by Gasteiger charge is 2.31. The molecule has 1 aliphatic rings. The zero-order valence-corrected chi connectivity index (χ0v) is 10.6. The van der Waals surface area contributed by atoms with Crippen LogP contribution in [0.1, 0.15) is 60.3 Å². The standard InChI is InChI=1S/C13H27N/c1-6-11(3)14-12-7-10(2)8-13(4,5)9-12/h10-12,14H,6-9H2,1-5H3/t10-,11?,12?/m0/s1. The van der Waals surface area contributed by atoms with Crippen LogP contribution in [0.2, 0.25) is 0 Å². The van der Waals surface area contributed by atoms with Gasteiger partial charge >= 0.3 is 0 Å². The summed E-state index contributed by atoms with van der Waals surface area (Å²) in [7, 11) is 0. The Morgan fingerprint density at radius 3 is 2.50 bits per heavy atom. The molecule has 0 heterocycles. The maximum atomic E-state index is 3.75. The van der Waals surface area contributed by atoms with Gasteiger partial charge in [-0.3, -0.25) is 0 Å². The number of hydrogen-bond acceptors (Lipinski definition) is 1. The summed E-state index contributed by atoms with van der Waals surface area (Å²) >= 11 is 0. The minimum atomic E-state index is 0.544. The van der Waals surface area contributed by atoms with E-state index in [1.807, 2.05) is 0 Å². The molecule has 1 N–H and O–H groups in total. The van der Waals surface area contributed by atoms with Crippen LogP contribution in [0.5, 0.6) is 0 Å². The first kappa shape index (κ1) is 12.0. The van der Waals surface area contributed by atoms with Crippen LogP contribution in [0.4, 0.5) is 0 Å². The average molecular weight is 197 g/mol. The summed E-state index contributed by atoms with van der Waals surface area (Å²) in [6, 6.07) is 1.43. The van der Waals surface area contributed by atoms with Crippen LogP contribution in [0.15, 0.2) is 0 Å². The van der Waals surface area contributed by atoms with Crippen LogP contribution in [0, 0.1) is 11.3 Å². The summed E-state index contributed by atoms with van der Waals surface area (Å²) in [6.07, 6.45) is 5.35. The van der Waals surface area contributed by atoms with Gasteiger partial charge in [0.1, 0.15) is 0 Å². The molecule has 1 heteroatoms. The fourth-order valence-electron chi connectivity index (χ4n) is 2.99. The quantitative estimate of drug-likeness (QED) is 0.729. The van der Waals surface area contributed by atoms with Gasteiger partial charge in [-0.15, -0.1) is 0 Å². The maximum Gasteiger partial charge on any atom is 0.00771 e. The molecular formula is C13H27N. The summed E-state index contributed by atoms with van der Waals surface area (Å²) < 4.78 is 0. The van der Waals surface area contributed by atoms with E-state index in [0.29, 0.717) is 11.5 Å². The largest absolute Gasteiger partial charge is 0.311 e. The van der Waals surface area contributed by atoms with E-state index < -0.39 is 0 Å². The zero-order valence-electron chi connectivity index (χ0n) is 10.6. The van der Waals surface area contributed by atoms with Gasteiger partial charge in [-0.1, -0.05) is 27.7 Å². The third-order valence-electron chi connectivity index (χ3n) is 3.52. The summed E-state index contributed by atoms with van der Waals surface area (Å²) in [4.78, 5) is 0. The van der Waals surface area contributed by atoms with E-state index in [9.17, 15) is 0 Å². The van der Waals surface area contributed by atoms with Crippen molar-refractivity contribution in [2.45, 2.75) is 72.4 Å². The first-order valence-corrected chi connectivity index (χ1v) is 6.19. The Labute approximate surface area is 89.7 Å². The van der Waals surface area contributed by atoms with E-state index in [4.69, 9.17) is 0 Å². The lowest BCUT2D eigenvalue weighted by atomic mass is 9.70. The Morgan fingerprint density at radius 1 is 1.36 bits per heavy atom. The molecule has 1 fully saturated rings. The summed E-state index contributed by atoms with van der Waals surface area (Å²) in [5.41, 5.74) is 0.544. The van der Waals surface area contributed by atoms with Crippen molar-refractivity contribution < 1.29 is 0 Å². The van der Waals surface area contributed by atoms with Crippen molar-refractivity contribution in [1.82, 2.24) is 5.32 Å². The van der Waals surface area contributed by atoms with Crippen molar-refractivity contribution >= 4 is 0 Å². The van der Waals surface area contributed by atoms with Crippen LogP contribution in [-0.2, 0) is 0 Å². The second-order valence-corrected chi connectivity index (χ2v) is 6.09. The van der Waals surface area contributed by atoms with Gasteiger partial charge in [-0.25, -0.2) is 0 Å². The van der Waals surface area contributed by atoms with E-state index in [2.05, 4.69) is 39.9 Å². The Morgan fingerprint density at radius 2 is 2.00 bits per heavy atom. The van der Waals surface area contributed by atoms with Gasteiger partial charge in [0.25, 0.3) is 0 Å². The molecule has 0 spiro atoms. The smallest absolute Gasteiger partial charge is 0.00771 e. The van der Waals surface area contributed by atoms with E-state index in [0.717, 1.165) is 12.0 Å². The van der Waals surface area contributed by atoms with Crippen molar-refractivity contribution in [2.24, 2.45) is 11.3 Å². The second-order valence-electron chi connectivity index (χ2n) is 6.09. The lowest BCUT2D eigenvalue weighted by molar-refractivity contribution is 0.145. The molecule has 1 rings (SSSR count). The Bertz CT molecular complexity index is 174. The van der Waals surface area contributed by atoms with Gasteiger partial charge in [0.05, 0.1) is 0 Å². The molecule has 0 amide bonds. The highest BCUT2D eigenvalue weighted by atomic mass is 14.9. The van der Waals surface area contributed by atoms with E-state index in [1.165, 1.54) is 25.7 Å². The molecule has 0 radical (unpaired) electrons. The molecule has 2 unspecified atom stereocenters. The Kier molecular flexibility index (Phi) is 4.00. The van der Waals surface area contributed by atoms with Crippen LogP contribution in [0.3, 0.4) is 0 Å². The van der Waals surface area contributed by atoms with Gasteiger partial charge in [0.15, 0.2) is 0 Å². The normalized spacial score (nSPS) is 34.1. The first-order valence-electron chi connectivity index (χ1n) is 6.19. The van der Waals surface area contributed by atoms with Crippen LogP contribution in [-0.4, -0.2) is 12.1 Å². The van der Waals surface area contributed by atoms with Crippen LogP contribution < -0.4 is 5.32 Å². The molecule has 14 heavy (non-hydrogen) atoms. The van der Waals surface area contributed by atoms with Crippen molar-refractivity contribution in [2.75, 3.05) is 0 Å². The highest BCUT2D eigenvalue weighted by Crippen LogP contribution is 2.38. The van der Waals surface area contributed by atoms with Gasteiger partial charge in [0, 0.05) is 12.1 Å². The molecule has 0 saturated heterocycles. The molecule has 1 saturated carbocycles. The molecule has 84 valence electrons. The first-order chi connectivity index (χ1) is 6.43. The van der Waals surface area contributed by atoms with Gasteiger partial charge < -0.3 is 5.32 Å². The minimum Gasteiger partial charge on any atom is -0.311 e. The van der Waals surface area contributed by atoms with Crippen molar-refractivity contribution in [1.29, 1.82) is 0 Å². The molecule has 0 aromatic heterocycles. The van der Waals surface area contributed by atoms with Crippen molar-refractivity contribution in [3.8, 4) is 0 Å². The number of nitrogens with one attached hydrogen (secondary N) is 1. The van der Waals surface area contributed by atoms with E-state index in [1.54, 1.807) is 0 Å². The topological polar surface area (TPSA) is 12.0 Å². The number of rotatable bonds is 3. The van der Waals surface area contributed by atoms with Gasteiger partial charge in [0.2, 0.25) is 0 Å². The zero-order chi connectivity index (χ0) is 10.8. The lowest BCUT2D eigenvalue weighted by Gasteiger charge is -2.40. The summed E-state index contributed by atoms with van der Waals surface area (Å²) in [6.45, 7) is 11.8. The van der Waals surface area contributed by atoms with E-state index in [-0.39, 0.29) is 0 Å². The molecular weight excluding hydrogens is 170 g/mol. The maximum absolute atomic E-state index is 3.75. The predicted molar refractivity (Wildman–Crippen MR) is 63.5 cm³/mol. The molecule has 1 nitrogen and oxygen atoms in total. The molecule has 0 bridgehead atoms. The van der Waals surface area contributed by atoms with E-state index >= 15 is 0 Å². The van der Waals surface area contributed by atoms with Crippen molar-refractivity contribution in [3.63, 3.8) is 0 Å². The highest BCUT2D eigenvalue weighted by molar-refractivity contribution is 4.87. The van der Waals surface area contributed by atoms with Gasteiger partial charge in [-0.05, 0) is 43.9 Å². The van der Waals surface area contributed by atoms with Crippen LogP contribution >= 0.6 is 0 Å². The van der Waals surface area contributed by atoms with Crippen LogP contribution in [0.25, 0.3) is 0 Å². The molecule has 0 aromatic carbocycles. The third kappa shape index (κ3) is 3.61. The summed E-state index contributed by atoms with van der Waals surface area (Å²) in [5, 5.41) is 3.75. The second kappa shape index (κ2) is 4.65. The van der Waals surface area contributed by atoms with Crippen molar-refractivity contribution in [3.05, 3.63) is 0 Å². The predicted octanol–water partition coefficient (Wildman–Crippen LogP) is 3.59. The number of hydrogen-bond donors (Lipinski definition) is 1. The monoisotopic (exact) mass is 197 g/mol. The average Bonchev–Trinajstić information content (AvgIpc) is 1.99. The fourth-order valence-corrected chi connectivity index (χ4v) is 2.99. The Hall–Kier alpha value is -0.0400. The lowest BCUT2D eigenvalue weighted by Crippen LogP contribution is -2.43. The molecule has 0 aromatic rings. The Balaban J connectivity index is 2.45. The molecule has 3 atom stereocenters. The SMILES string of the molecule is CCC(C)NC1C[C@H](C)CC(C)(C)C1. The fraction of sp³-hybridized carbons (Fsp3) is 1.00. The van der Waals surface area contributed by atoms with Gasteiger partial charge in [-0.2, -0.15) is 0 Å². The molecule has 1 aliphatic carbocycles. The summed E-state index contributed by atoms with van der Waals surface area (Å²) in [5.74, 6) is 0.889. The molecule has 0 aliphatic heterocycles.